The van der Waals surface area contributed by atoms with E-state index in [0.29, 0.717) is 33.6 Å². The second-order valence-corrected chi connectivity index (χ2v) is 9.18. The van der Waals surface area contributed by atoms with E-state index in [-0.39, 0.29) is 37.1 Å². The Balaban J connectivity index is 2.71. The SMILES string of the molecule is CCOC(=O)c1c(C(C)C)nc(-c2ccc(F)cc2)c(/C=C/C(O)CC(O)CC(=O)OC)c1C(C)C. The Morgan fingerprint density at radius 2 is 1.72 bits per heavy atom. The van der Waals surface area contributed by atoms with Crippen LogP contribution in [0.25, 0.3) is 17.3 Å². The van der Waals surface area contributed by atoms with Gasteiger partial charge in [-0.3, -0.25) is 9.78 Å². The largest absolute Gasteiger partial charge is 0.469 e. The molecule has 0 aliphatic heterocycles. The molecule has 0 saturated carbocycles. The highest BCUT2D eigenvalue weighted by molar-refractivity contribution is 5.95. The van der Waals surface area contributed by atoms with E-state index in [2.05, 4.69) is 4.74 Å². The number of aliphatic hydroxyl groups excluding tert-OH is 2. The van der Waals surface area contributed by atoms with Gasteiger partial charge in [-0.2, -0.15) is 0 Å². The molecule has 0 fully saturated rings. The maximum absolute atomic E-state index is 13.7. The number of aliphatic hydroxyl groups is 2. The zero-order chi connectivity index (χ0) is 27.0. The van der Waals surface area contributed by atoms with Crippen molar-refractivity contribution >= 4 is 18.0 Å². The van der Waals surface area contributed by atoms with Crippen molar-refractivity contribution in [2.45, 2.75) is 71.5 Å². The van der Waals surface area contributed by atoms with E-state index in [1.807, 2.05) is 27.7 Å². The number of aromatic nitrogens is 1. The number of ether oxygens (including phenoxy) is 2. The second kappa shape index (κ2) is 13.3. The van der Waals surface area contributed by atoms with Gasteiger partial charge in [-0.25, -0.2) is 9.18 Å². The van der Waals surface area contributed by atoms with E-state index >= 15 is 0 Å². The minimum atomic E-state index is -1.09. The van der Waals surface area contributed by atoms with Gasteiger partial charge in [-0.1, -0.05) is 39.8 Å². The molecule has 0 aliphatic carbocycles. The average Bonchev–Trinajstić information content (AvgIpc) is 2.81. The summed E-state index contributed by atoms with van der Waals surface area (Å²) in [6.07, 6.45) is 0.647. The first-order chi connectivity index (χ1) is 17.0. The number of nitrogens with zero attached hydrogens (tertiary/aromatic N) is 1. The third-order valence-corrected chi connectivity index (χ3v) is 5.65. The van der Waals surface area contributed by atoms with Crippen molar-refractivity contribution in [2.24, 2.45) is 0 Å². The highest BCUT2D eigenvalue weighted by Crippen LogP contribution is 2.37. The van der Waals surface area contributed by atoms with Crippen LogP contribution < -0.4 is 0 Å². The fraction of sp³-hybridized carbons (Fsp3) is 0.464. The van der Waals surface area contributed by atoms with Crippen molar-refractivity contribution in [1.29, 1.82) is 0 Å². The van der Waals surface area contributed by atoms with Crippen LogP contribution >= 0.6 is 0 Å². The van der Waals surface area contributed by atoms with Crippen molar-refractivity contribution in [3.05, 3.63) is 58.5 Å². The predicted molar refractivity (Wildman–Crippen MR) is 136 cm³/mol. The van der Waals surface area contributed by atoms with Gasteiger partial charge in [0.2, 0.25) is 0 Å². The van der Waals surface area contributed by atoms with Gasteiger partial charge in [0.25, 0.3) is 0 Å². The molecule has 0 bridgehead atoms. The van der Waals surface area contributed by atoms with Crippen molar-refractivity contribution in [3.63, 3.8) is 0 Å². The monoisotopic (exact) mass is 501 g/mol. The van der Waals surface area contributed by atoms with Crippen molar-refractivity contribution in [1.82, 2.24) is 4.98 Å². The quantitative estimate of drug-likeness (QED) is 0.418. The molecule has 2 rings (SSSR count). The third kappa shape index (κ3) is 7.45. The standard InChI is InChI=1S/C28H36FNO6/c1-7-36-28(34)25-24(16(2)3)22(13-12-20(31)14-21(32)15-23(33)35-6)27(30-26(25)17(4)5)18-8-10-19(29)11-9-18/h8-13,16-17,20-21,31-32H,7,14-15H2,1-6H3/b13-12+. The lowest BCUT2D eigenvalue weighted by molar-refractivity contribution is -0.143. The molecule has 2 unspecified atom stereocenters. The molecular formula is C28H36FNO6. The predicted octanol–water partition coefficient (Wildman–Crippen LogP) is 5.00. The Kier molecular flexibility index (Phi) is 10.7. The molecule has 196 valence electrons. The fourth-order valence-electron chi connectivity index (χ4n) is 3.99. The minimum absolute atomic E-state index is 0.0866. The smallest absolute Gasteiger partial charge is 0.340 e. The van der Waals surface area contributed by atoms with Gasteiger partial charge in [0.05, 0.1) is 49.3 Å². The van der Waals surface area contributed by atoms with Crippen LogP contribution in [0.2, 0.25) is 0 Å². The number of hydrogen-bond donors (Lipinski definition) is 2. The highest BCUT2D eigenvalue weighted by Gasteiger charge is 2.28. The van der Waals surface area contributed by atoms with Gasteiger partial charge >= 0.3 is 11.9 Å². The Morgan fingerprint density at radius 3 is 2.25 bits per heavy atom. The summed E-state index contributed by atoms with van der Waals surface area (Å²) in [5, 5.41) is 20.6. The average molecular weight is 502 g/mol. The van der Waals surface area contributed by atoms with E-state index in [1.165, 1.54) is 25.3 Å². The van der Waals surface area contributed by atoms with E-state index in [0.717, 1.165) is 0 Å². The van der Waals surface area contributed by atoms with Crippen LogP contribution in [0, 0.1) is 5.82 Å². The Labute approximate surface area is 212 Å². The van der Waals surface area contributed by atoms with Crippen molar-refractivity contribution in [2.75, 3.05) is 13.7 Å². The molecule has 1 aromatic heterocycles. The summed E-state index contributed by atoms with van der Waals surface area (Å²) in [6.45, 7) is 9.71. The van der Waals surface area contributed by atoms with Crippen LogP contribution in [-0.4, -0.2) is 53.1 Å². The van der Waals surface area contributed by atoms with Crippen LogP contribution in [0.3, 0.4) is 0 Å². The lowest BCUT2D eigenvalue weighted by atomic mass is 9.85. The summed E-state index contributed by atoms with van der Waals surface area (Å²) in [5.74, 6) is -1.66. The molecular weight excluding hydrogens is 465 g/mol. The Hall–Kier alpha value is -3.10. The van der Waals surface area contributed by atoms with Crippen LogP contribution in [0.4, 0.5) is 4.39 Å². The van der Waals surface area contributed by atoms with Gasteiger partial charge in [-0.15, -0.1) is 0 Å². The number of benzene rings is 1. The first-order valence-corrected chi connectivity index (χ1v) is 12.1. The molecule has 7 nitrogen and oxygen atoms in total. The Morgan fingerprint density at radius 1 is 1.08 bits per heavy atom. The van der Waals surface area contributed by atoms with Gasteiger partial charge in [0.1, 0.15) is 5.82 Å². The molecule has 2 aromatic rings. The summed E-state index contributed by atoms with van der Waals surface area (Å²) < 4.78 is 23.6. The molecule has 2 atom stereocenters. The zero-order valence-electron chi connectivity index (χ0n) is 21.7. The van der Waals surface area contributed by atoms with Crippen LogP contribution in [0.5, 0.6) is 0 Å². The molecule has 1 heterocycles. The van der Waals surface area contributed by atoms with Gasteiger partial charge < -0.3 is 19.7 Å². The van der Waals surface area contributed by atoms with Crippen molar-refractivity contribution in [3.8, 4) is 11.3 Å². The fourth-order valence-corrected chi connectivity index (χ4v) is 3.99. The summed E-state index contributed by atoms with van der Waals surface area (Å²) in [4.78, 5) is 29.3. The number of carbonyl (C=O) groups excluding carboxylic acids is 2. The summed E-state index contributed by atoms with van der Waals surface area (Å²) in [7, 11) is 1.23. The maximum Gasteiger partial charge on any atom is 0.340 e. The first-order valence-electron chi connectivity index (χ1n) is 12.1. The molecule has 0 spiro atoms. The van der Waals surface area contributed by atoms with Crippen LogP contribution in [0.15, 0.2) is 30.3 Å². The number of pyridine rings is 1. The topological polar surface area (TPSA) is 106 Å². The lowest BCUT2D eigenvalue weighted by Gasteiger charge is -2.23. The van der Waals surface area contributed by atoms with E-state index in [9.17, 15) is 24.2 Å². The van der Waals surface area contributed by atoms with E-state index in [1.54, 1.807) is 25.1 Å². The molecule has 1 aromatic carbocycles. The summed E-state index contributed by atoms with van der Waals surface area (Å²) >= 11 is 0. The molecule has 0 radical (unpaired) electrons. The molecule has 8 heteroatoms. The lowest BCUT2D eigenvalue weighted by Crippen LogP contribution is -2.20. The normalized spacial score (nSPS) is 13.3. The number of carbonyl (C=O) groups is 2. The summed E-state index contributed by atoms with van der Waals surface area (Å²) in [6, 6.07) is 5.91. The van der Waals surface area contributed by atoms with Gasteiger partial charge in [0, 0.05) is 17.5 Å². The number of esters is 2. The number of methoxy groups -OCH3 is 1. The van der Waals surface area contributed by atoms with Crippen LogP contribution in [0.1, 0.15) is 86.5 Å². The molecule has 2 N–H and O–H groups in total. The van der Waals surface area contributed by atoms with Crippen molar-refractivity contribution < 1.29 is 33.7 Å². The first kappa shape index (κ1) is 29.1. The maximum atomic E-state index is 13.7. The van der Waals surface area contributed by atoms with E-state index < -0.39 is 24.1 Å². The Bertz CT molecular complexity index is 1080. The molecule has 0 aliphatic rings. The van der Waals surface area contributed by atoms with E-state index in [4.69, 9.17) is 9.72 Å². The number of halogens is 1. The minimum Gasteiger partial charge on any atom is -0.469 e. The zero-order valence-corrected chi connectivity index (χ0v) is 21.7. The number of hydrogen-bond acceptors (Lipinski definition) is 7. The summed E-state index contributed by atoms with van der Waals surface area (Å²) in [5.41, 5.74) is 3.43. The molecule has 36 heavy (non-hydrogen) atoms. The van der Waals surface area contributed by atoms with Crippen LogP contribution in [-0.2, 0) is 14.3 Å². The van der Waals surface area contributed by atoms with Gasteiger partial charge in [0.15, 0.2) is 0 Å². The highest BCUT2D eigenvalue weighted by atomic mass is 19.1. The second-order valence-electron chi connectivity index (χ2n) is 9.18. The molecule has 0 amide bonds. The third-order valence-electron chi connectivity index (χ3n) is 5.65. The van der Waals surface area contributed by atoms with Gasteiger partial charge in [-0.05, 0) is 48.6 Å². The molecule has 0 saturated heterocycles. The number of rotatable bonds is 11.